The maximum absolute atomic E-state index is 12.6. The van der Waals surface area contributed by atoms with E-state index in [9.17, 15) is 4.79 Å². The van der Waals surface area contributed by atoms with Gasteiger partial charge in [0, 0.05) is 31.4 Å². The number of benzene rings is 1. The summed E-state index contributed by atoms with van der Waals surface area (Å²) in [6.07, 6.45) is 6.64. The summed E-state index contributed by atoms with van der Waals surface area (Å²) in [5.41, 5.74) is 3.31. The van der Waals surface area contributed by atoms with Crippen molar-refractivity contribution < 1.29 is 4.79 Å². The van der Waals surface area contributed by atoms with Gasteiger partial charge in [-0.05, 0) is 61.1 Å². The molecule has 112 valence electrons. The average Bonchev–Trinajstić information content (AvgIpc) is 3.21. The van der Waals surface area contributed by atoms with Crippen LogP contribution in [-0.2, 0) is 6.42 Å². The topological polar surface area (TPSA) is 32.3 Å². The number of carbonyl (C=O) groups excluding carboxylic acids is 1. The number of hydrogen-bond acceptors (Lipinski definition) is 2. The molecule has 3 atom stereocenters. The first-order valence-corrected chi connectivity index (χ1v) is 8.33. The van der Waals surface area contributed by atoms with E-state index in [4.69, 9.17) is 0 Å². The van der Waals surface area contributed by atoms with Crippen LogP contribution in [0, 0.1) is 17.8 Å². The molecular weight excluding hydrogens is 260 g/mol. The van der Waals surface area contributed by atoms with Gasteiger partial charge in [0.1, 0.15) is 0 Å². The fourth-order valence-electron chi connectivity index (χ4n) is 4.68. The lowest BCUT2D eigenvalue weighted by Crippen LogP contribution is -2.33. The molecule has 0 aromatic heterocycles. The molecule has 0 radical (unpaired) electrons. The van der Waals surface area contributed by atoms with Gasteiger partial charge in [-0.1, -0.05) is 12.5 Å². The molecule has 3 unspecified atom stereocenters. The van der Waals surface area contributed by atoms with Crippen molar-refractivity contribution >= 4 is 11.6 Å². The number of anilines is 1. The first-order chi connectivity index (χ1) is 10.2. The van der Waals surface area contributed by atoms with Crippen molar-refractivity contribution in [3.8, 4) is 0 Å². The van der Waals surface area contributed by atoms with Crippen LogP contribution in [0.15, 0.2) is 18.2 Å². The number of rotatable bonds is 3. The molecule has 0 saturated heterocycles. The summed E-state index contributed by atoms with van der Waals surface area (Å²) in [6, 6.07) is 6.13. The van der Waals surface area contributed by atoms with Gasteiger partial charge in [-0.3, -0.25) is 4.79 Å². The van der Waals surface area contributed by atoms with E-state index in [1.807, 2.05) is 24.1 Å². The Morgan fingerprint density at radius 1 is 1.33 bits per heavy atom. The molecule has 1 aliphatic heterocycles. The molecule has 3 nitrogen and oxygen atoms in total. The standard InChI is InChI=1S/C18H24N2O/c1-20(11-16-9-12-2-3-14(16)8-12)18(21)15-5-4-13-6-7-19-17(13)10-15/h4-5,10,12,14,16,19H,2-3,6-9,11H2,1H3. The summed E-state index contributed by atoms with van der Waals surface area (Å²) in [4.78, 5) is 14.6. The van der Waals surface area contributed by atoms with E-state index in [0.29, 0.717) is 0 Å². The molecule has 1 amide bonds. The zero-order valence-corrected chi connectivity index (χ0v) is 12.8. The molecule has 21 heavy (non-hydrogen) atoms. The Labute approximate surface area is 126 Å². The first-order valence-electron chi connectivity index (χ1n) is 8.33. The number of nitrogens with zero attached hydrogens (tertiary/aromatic N) is 1. The maximum Gasteiger partial charge on any atom is 0.253 e. The molecule has 4 rings (SSSR count). The van der Waals surface area contributed by atoms with Crippen LogP contribution >= 0.6 is 0 Å². The van der Waals surface area contributed by atoms with Crippen molar-refractivity contribution in [1.29, 1.82) is 0 Å². The largest absolute Gasteiger partial charge is 0.384 e. The molecule has 1 aromatic rings. The Hall–Kier alpha value is -1.51. The molecule has 1 aromatic carbocycles. The highest BCUT2D eigenvalue weighted by Crippen LogP contribution is 2.48. The van der Waals surface area contributed by atoms with Crippen LogP contribution in [0.5, 0.6) is 0 Å². The third kappa shape index (κ3) is 2.33. The predicted octanol–water partition coefficient (Wildman–Crippen LogP) is 3.16. The number of amides is 1. The van der Waals surface area contributed by atoms with Crippen molar-refractivity contribution in [2.24, 2.45) is 17.8 Å². The van der Waals surface area contributed by atoms with Crippen molar-refractivity contribution in [3.05, 3.63) is 29.3 Å². The molecule has 1 heterocycles. The predicted molar refractivity (Wildman–Crippen MR) is 84.5 cm³/mol. The average molecular weight is 284 g/mol. The van der Waals surface area contributed by atoms with Crippen molar-refractivity contribution in [3.63, 3.8) is 0 Å². The third-order valence-electron chi connectivity index (χ3n) is 5.81. The minimum atomic E-state index is 0.175. The molecule has 2 saturated carbocycles. The van der Waals surface area contributed by atoms with Crippen molar-refractivity contribution in [1.82, 2.24) is 4.90 Å². The van der Waals surface area contributed by atoms with Crippen LogP contribution in [0.25, 0.3) is 0 Å². The zero-order chi connectivity index (χ0) is 14.4. The molecule has 2 fully saturated rings. The monoisotopic (exact) mass is 284 g/mol. The van der Waals surface area contributed by atoms with E-state index in [1.54, 1.807) is 0 Å². The van der Waals surface area contributed by atoms with E-state index in [1.165, 1.54) is 31.2 Å². The molecule has 3 aliphatic rings. The van der Waals surface area contributed by atoms with Crippen LogP contribution in [0.3, 0.4) is 0 Å². The minimum absolute atomic E-state index is 0.175. The Balaban J connectivity index is 1.44. The lowest BCUT2D eigenvalue weighted by Gasteiger charge is -2.27. The number of hydrogen-bond donors (Lipinski definition) is 1. The van der Waals surface area contributed by atoms with E-state index in [-0.39, 0.29) is 5.91 Å². The highest BCUT2D eigenvalue weighted by molar-refractivity contribution is 5.95. The second-order valence-corrected chi connectivity index (χ2v) is 7.17. The second-order valence-electron chi connectivity index (χ2n) is 7.17. The van der Waals surface area contributed by atoms with Gasteiger partial charge in [-0.15, -0.1) is 0 Å². The van der Waals surface area contributed by atoms with Crippen molar-refractivity contribution in [2.45, 2.75) is 32.1 Å². The third-order valence-corrected chi connectivity index (χ3v) is 5.81. The molecule has 1 N–H and O–H groups in total. The zero-order valence-electron chi connectivity index (χ0n) is 12.8. The van der Waals surface area contributed by atoms with Crippen molar-refractivity contribution in [2.75, 3.05) is 25.5 Å². The Bertz CT molecular complexity index is 568. The highest BCUT2D eigenvalue weighted by atomic mass is 16.2. The van der Waals surface area contributed by atoms with Gasteiger partial charge in [0.15, 0.2) is 0 Å². The van der Waals surface area contributed by atoms with Crippen LogP contribution < -0.4 is 5.32 Å². The SMILES string of the molecule is CN(CC1CC2CCC1C2)C(=O)c1ccc2c(c1)NCC2. The van der Waals surface area contributed by atoms with Crippen LogP contribution in [0.4, 0.5) is 5.69 Å². The van der Waals surface area contributed by atoms with E-state index in [0.717, 1.165) is 48.5 Å². The van der Waals surface area contributed by atoms with Gasteiger partial charge in [0.05, 0.1) is 0 Å². The van der Waals surface area contributed by atoms with Gasteiger partial charge in [0.25, 0.3) is 5.91 Å². The normalized spacial score (nSPS) is 29.3. The minimum Gasteiger partial charge on any atom is -0.384 e. The van der Waals surface area contributed by atoms with Crippen LogP contribution in [-0.4, -0.2) is 30.9 Å². The highest BCUT2D eigenvalue weighted by Gasteiger charge is 2.40. The van der Waals surface area contributed by atoms with Gasteiger partial charge in [-0.25, -0.2) is 0 Å². The Kier molecular flexibility index (Phi) is 3.16. The molecular formula is C18H24N2O. The molecule has 0 spiro atoms. The molecule has 2 bridgehead atoms. The van der Waals surface area contributed by atoms with Gasteiger partial charge < -0.3 is 10.2 Å². The van der Waals surface area contributed by atoms with E-state index < -0.39 is 0 Å². The molecule has 3 heteroatoms. The second kappa shape index (κ2) is 5.04. The van der Waals surface area contributed by atoms with Gasteiger partial charge in [0.2, 0.25) is 0 Å². The van der Waals surface area contributed by atoms with E-state index >= 15 is 0 Å². The Morgan fingerprint density at radius 2 is 2.24 bits per heavy atom. The summed E-state index contributed by atoms with van der Waals surface area (Å²) in [7, 11) is 1.97. The first kappa shape index (κ1) is 13.2. The van der Waals surface area contributed by atoms with Crippen LogP contribution in [0.1, 0.15) is 41.6 Å². The van der Waals surface area contributed by atoms with Crippen LogP contribution in [0.2, 0.25) is 0 Å². The maximum atomic E-state index is 12.6. The van der Waals surface area contributed by atoms with E-state index in [2.05, 4.69) is 11.4 Å². The summed E-state index contributed by atoms with van der Waals surface area (Å²) in [6.45, 7) is 1.93. The lowest BCUT2D eigenvalue weighted by atomic mass is 9.88. The number of carbonyl (C=O) groups is 1. The summed E-state index contributed by atoms with van der Waals surface area (Å²) < 4.78 is 0. The fraction of sp³-hybridized carbons (Fsp3) is 0.611. The molecule has 2 aliphatic carbocycles. The lowest BCUT2D eigenvalue weighted by molar-refractivity contribution is 0.0754. The van der Waals surface area contributed by atoms with Gasteiger partial charge in [-0.2, -0.15) is 0 Å². The fourth-order valence-corrected chi connectivity index (χ4v) is 4.68. The summed E-state index contributed by atoms with van der Waals surface area (Å²) >= 11 is 0. The smallest absolute Gasteiger partial charge is 0.253 e. The number of fused-ring (bicyclic) bond motifs is 3. The summed E-state index contributed by atoms with van der Waals surface area (Å²) in [5, 5.41) is 3.36. The number of nitrogens with one attached hydrogen (secondary N) is 1. The quantitative estimate of drug-likeness (QED) is 0.924. The Morgan fingerprint density at radius 3 is 3.00 bits per heavy atom. The summed E-state index contributed by atoms with van der Waals surface area (Å²) in [5.74, 6) is 2.75. The van der Waals surface area contributed by atoms with Gasteiger partial charge >= 0.3 is 0 Å².